The van der Waals surface area contributed by atoms with Gasteiger partial charge in [0.15, 0.2) is 0 Å². The molecule has 0 radical (unpaired) electrons. The Hall–Kier alpha value is -2.21. The zero-order valence-electron chi connectivity index (χ0n) is 16.7. The second kappa shape index (κ2) is 8.43. The number of aliphatic hydroxyl groups excluding tert-OH is 1. The molecule has 0 aromatic heterocycles. The van der Waals surface area contributed by atoms with Crippen molar-refractivity contribution in [3.05, 3.63) is 72.8 Å². The number of aliphatic hydroxyl groups is 1. The Morgan fingerprint density at radius 2 is 1.54 bits per heavy atom. The lowest BCUT2D eigenvalue weighted by atomic mass is 10.0. The smallest absolute Gasteiger partial charge is 0.330 e. The summed E-state index contributed by atoms with van der Waals surface area (Å²) in [7, 11) is -2.69. The quantitative estimate of drug-likeness (QED) is 0.602. The maximum absolute atomic E-state index is 11.8. The predicted octanol–water partition coefficient (Wildman–Crippen LogP) is 2.65. The van der Waals surface area contributed by atoms with Crippen molar-refractivity contribution in [3.8, 4) is 0 Å². The van der Waals surface area contributed by atoms with Crippen LogP contribution in [0, 0.1) is 5.92 Å². The molecule has 0 spiro atoms. The third kappa shape index (κ3) is 3.97. The van der Waals surface area contributed by atoms with E-state index in [1.807, 2.05) is 36.4 Å². The van der Waals surface area contributed by atoms with E-state index in [1.54, 1.807) is 6.08 Å². The molecule has 148 valence electrons. The Morgan fingerprint density at radius 3 is 2.00 bits per heavy atom. The SMILES string of the molecule is CC(C)(C)[Si](OC[C@H]1OC(=O)C=C[C@@H]1CO)(c1ccccc1)c1ccccc1. The molecule has 1 heterocycles. The van der Waals surface area contributed by atoms with Gasteiger partial charge in [-0.2, -0.15) is 0 Å². The van der Waals surface area contributed by atoms with Gasteiger partial charge in [-0.1, -0.05) is 87.5 Å². The lowest BCUT2D eigenvalue weighted by Crippen LogP contribution is -2.67. The number of cyclic esters (lactones) is 1. The van der Waals surface area contributed by atoms with Crippen LogP contribution in [0.1, 0.15) is 20.8 Å². The zero-order chi connectivity index (χ0) is 20.2. The summed E-state index contributed by atoms with van der Waals surface area (Å²) < 4.78 is 12.3. The lowest BCUT2D eigenvalue weighted by molar-refractivity contribution is -0.149. The zero-order valence-corrected chi connectivity index (χ0v) is 17.7. The summed E-state index contributed by atoms with van der Waals surface area (Å²) in [4.78, 5) is 11.8. The van der Waals surface area contributed by atoms with Crippen molar-refractivity contribution in [2.75, 3.05) is 13.2 Å². The molecule has 28 heavy (non-hydrogen) atoms. The van der Waals surface area contributed by atoms with Crippen LogP contribution in [-0.4, -0.2) is 38.7 Å². The largest absolute Gasteiger partial charge is 0.456 e. The average Bonchev–Trinajstić information content (AvgIpc) is 2.69. The highest BCUT2D eigenvalue weighted by Crippen LogP contribution is 2.37. The summed E-state index contributed by atoms with van der Waals surface area (Å²) in [6.07, 6.45) is 2.59. The van der Waals surface area contributed by atoms with E-state index in [-0.39, 0.29) is 30.1 Å². The molecular formula is C23H28O4Si. The van der Waals surface area contributed by atoms with Gasteiger partial charge in [-0.05, 0) is 15.4 Å². The standard InChI is InChI=1S/C23H28O4Si/c1-23(2,3)28(19-10-6-4-7-11-19,20-12-8-5-9-13-20)26-17-21-18(16-24)14-15-22(25)27-21/h4-15,18,21,24H,16-17H2,1-3H3/t18-,21-/m1/s1. The average molecular weight is 397 g/mol. The Balaban J connectivity index is 2.04. The third-order valence-electron chi connectivity index (χ3n) is 5.32. The van der Waals surface area contributed by atoms with Gasteiger partial charge in [0.25, 0.3) is 8.32 Å². The second-order valence-corrected chi connectivity index (χ2v) is 12.5. The van der Waals surface area contributed by atoms with Crippen molar-refractivity contribution in [2.24, 2.45) is 5.92 Å². The predicted molar refractivity (Wildman–Crippen MR) is 113 cm³/mol. The first-order valence-electron chi connectivity index (χ1n) is 9.63. The van der Waals surface area contributed by atoms with Crippen molar-refractivity contribution in [2.45, 2.75) is 31.9 Å². The van der Waals surface area contributed by atoms with Crippen LogP contribution in [0.2, 0.25) is 5.04 Å². The number of ether oxygens (including phenoxy) is 1. The highest BCUT2D eigenvalue weighted by atomic mass is 28.4. The van der Waals surface area contributed by atoms with Gasteiger partial charge in [0, 0.05) is 12.0 Å². The molecule has 2 aromatic rings. The molecule has 2 aromatic carbocycles. The molecule has 0 fully saturated rings. The van der Waals surface area contributed by atoms with Gasteiger partial charge in [-0.25, -0.2) is 4.79 Å². The molecule has 1 aliphatic heterocycles. The van der Waals surface area contributed by atoms with Crippen LogP contribution in [0.4, 0.5) is 0 Å². The van der Waals surface area contributed by atoms with Crippen LogP contribution < -0.4 is 10.4 Å². The molecule has 0 unspecified atom stereocenters. The van der Waals surface area contributed by atoms with Crippen LogP contribution >= 0.6 is 0 Å². The number of esters is 1. The molecule has 1 N–H and O–H groups in total. The Kier molecular flexibility index (Phi) is 6.18. The molecule has 5 heteroatoms. The van der Waals surface area contributed by atoms with Crippen molar-refractivity contribution >= 4 is 24.7 Å². The molecule has 0 saturated carbocycles. The highest BCUT2D eigenvalue weighted by molar-refractivity contribution is 6.99. The number of carbonyl (C=O) groups is 1. The second-order valence-electron chi connectivity index (χ2n) is 8.16. The van der Waals surface area contributed by atoms with E-state index in [4.69, 9.17) is 9.16 Å². The van der Waals surface area contributed by atoms with Gasteiger partial charge < -0.3 is 14.3 Å². The van der Waals surface area contributed by atoms with Crippen molar-refractivity contribution < 1.29 is 19.1 Å². The molecule has 0 aliphatic carbocycles. The minimum absolute atomic E-state index is 0.0848. The number of benzene rings is 2. The van der Waals surface area contributed by atoms with E-state index in [0.717, 1.165) is 0 Å². The fraction of sp³-hybridized carbons (Fsp3) is 0.348. The molecule has 3 rings (SSSR count). The van der Waals surface area contributed by atoms with Crippen LogP contribution in [0.5, 0.6) is 0 Å². The third-order valence-corrected chi connectivity index (χ3v) is 10.3. The van der Waals surface area contributed by atoms with Crippen LogP contribution in [0.15, 0.2) is 72.8 Å². The van der Waals surface area contributed by atoms with Gasteiger partial charge in [0.1, 0.15) is 6.10 Å². The van der Waals surface area contributed by atoms with Crippen molar-refractivity contribution in [3.63, 3.8) is 0 Å². The molecule has 0 amide bonds. The first-order chi connectivity index (χ1) is 13.4. The van der Waals surface area contributed by atoms with Crippen LogP contribution in [0.25, 0.3) is 0 Å². The van der Waals surface area contributed by atoms with E-state index in [2.05, 4.69) is 45.0 Å². The summed E-state index contributed by atoms with van der Waals surface area (Å²) in [6.45, 7) is 6.77. The van der Waals surface area contributed by atoms with Gasteiger partial charge in [-0.3, -0.25) is 0 Å². The lowest BCUT2D eigenvalue weighted by Gasteiger charge is -2.44. The molecule has 2 atom stereocenters. The summed E-state index contributed by atoms with van der Waals surface area (Å²) in [5.41, 5.74) is 0. The summed E-state index contributed by atoms with van der Waals surface area (Å²) in [5.74, 6) is -0.642. The Bertz CT molecular complexity index is 772. The minimum Gasteiger partial charge on any atom is -0.456 e. The minimum atomic E-state index is -2.69. The molecule has 4 nitrogen and oxygen atoms in total. The first kappa shape index (κ1) is 20.5. The molecule has 0 saturated heterocycles. The number of carbonyl (C=O) groups excluding carboxylic acids is 1. The molecule has 0 bridgehead atoms. The van der Waals surface area contributed by atoms with E-state index < -0.39 is 14.4 Å². The van der Waals surface area contributed by atoms with Gasteiger partial charge in [0.2, 0.25) is 0 Å². The van der Waals surface area contributed by atoms with Gasteiger partial charge in [0.05, 0.1) is 13.2 Å². The van der Waals surface area contributed by atoms with E-state index in [9.17, 15) is 9.90 Å². The van der Waals surface area contributed by atoms with Crippen LogP contribution in [0.3, 0.4) is 0 Å². The van der Waals surface area contributed by atoms with Crippen molar-refractivity contribution in [1.82, 2.24) is 0 Å². The number of hydrogen-bond acceptors (Lipinski definition) is 4. The normalized spacial score (nSPS) is 20.1. The van der Waals surface area contributed by atoms with Crippen LogP contribution in [-0.2, 0) is 14.0 Å². The topological polar surface area (TPSA) is 55.8 Å². The monoisotopic (exact) mass is 396 g/mol. The summed E-state index contributed by atoms with van der Waals surface area (Å²) >= 11 is 0. The molecule has 1 aliphatic rings. The summed E-state index contributed by atoms with van der Waals surface area (Å²) in [5, 5.41) is 11.9. The number of hydrogen-bond donors (Lipinski definition) is 1. The Labute approximate surface area is 167 Å². The summed E-state index contributed by atoms with van der Waals surface area (Å²) in [6, 6.07) is 20.7. The Morgan fingerprint density at radius 1 is 1.00 bits per heavy atom. The van der Waals surface area contributed by atoms with Gasteiger partial charge >= 0.3 is 5.97 Å². The maximum Gasteiger partial charge on any atom is 0.330 e. The van der Waals surface area contributed by atoms with E-state index in [1.165, 1.54) is 16.4 Å². The maximum atomic E-state index is 11.8. The highest BCUT2D eigenvalue weighted by Gasteiger charge is 2.50. The van der Waals surface area contributed by atoms with E-state index in [0.29, 0.717) is 0 Å². The first-order valence-corrected chi connectivity index (χ1v) is 11.5. The molecular weight excluding hydrogens is 368 g/mol. The van der Waals surface area contributed by atoms with Crippen molar-refractivity contribution in [1.29, 1.82) is 0 Å². The van der Waals surface area contributed by atoms with Gasteiger partial charge in [-0.15, -0.1) is 0 Å². The number of rotatable bonds is 6. The fourth-order valence-corrected chi connectivity index (χ4v) is 8.48. The van der Waals surface area contributed by atoms with E-state index >= 15 is 0 Å². The fourth-order valence-electron chi connectivity index (χ4n) is 3.91.